The number of rotatable bonds is 7. The van der Waals surface area contributed by atoms with Gasteiger partial charge in [0.1, 0.15) is 5.75 Å². The van der Waals surface area contributed by atoms with E-state index in [1.54, 1.807) is 0 Å². The van der Waals surface area contributed by atoms with E-state index in [0.29, 0.717) is 0 Å². The van der Waals surface area contributed by atoms with Crippen molar-refractivity contribution >= 4 is 0 Å². The quantitative estimate of drug-likeness (QED) is 0.712. The van der Waals surface area contributed by atoms with Crippen LogP contribution in [0.2, 0.25) is 0 Å². The molecule has 0 bridgehead atoms. The van der Waals surface area contributed by atoms with Crippen LogP contribution in [0, 0.1) is 0 Å². The Morgan fingerprint density at radius 1 is 1.00 bits per heavy atom. The Bertz CT molecular complexity index is 369. The molecule has 1 saturated heterocycles. The molecule has 1 fully saturated rings. The largest absolute Gasteiger partial charge is 0.494 e. The van der Waals surface area contributed by atoms with Crippen LogP contribution in [0.4, 0.5) is 0 Å². The first-order valence-corrected chi connectivity index (χ1v) is 7.90. The van der Waals surface area contributed by atoms with Crippen LogP contribution in [0.5, 0.6) is 5.75 Å². The average molecular weight is 276 g/mol. The maximum Gasteiger partial charge on any atom is 0.119 e. The molecule has 0 unspecified atom stereocenters. The van der Waals surface area contributed by atoms with Gasteiger partial charge in [0, 0.05) is 32.7 Å². The summed E-state index contributed by atoms with van der Waals surface area (Å²) < 4.78 is 5.75. The topological polar surface area (TPSA) is 15.7 Å². The van der Waals surface area contributed by atoms with Crippen LogP contribution in [-0.2, 0) is 6.54 Å². The van der Waals surface area contributed by atoms with E-state index in [0.717, 1.165) is 25.3 Å². The number of likely N-dealkylation sites (N-methyl/N-ethyl adjacent to an activating group) is 1. The van der Waals surface area contributed by atoms with E-state index in [-0.39, 0.29) is 0 Å². The molecule has 0 aromatic heterocycles. The Labute approximate surface area is 123 Å². The van der Waals surface area contributed by atoms with Gasteiger partial charge in [-0.3, -0.25) is 4.90 Å². The second-order valence-electron chi connectivity index (χ2n) is 5.78. The lowest BCUT2D eigenvalue weighted by Crippen LogP contribution is -2.43. The Balaban J connectivity index is 1.73. The van der Waals surface area contributed by atoms with Gasteiger partial charge in [-0.25, -0.2) is 0 Å². The lowest BCUT2D eigenvalue weighted by molar-refractivity contribution is 0.148. The molecule has 0 radical (unpaired) electrons. The Morgan fingerprint density at radius 2 is 1.70 bits per heavy atom. The van der Waals surface area contributed by atoms with Crippen LogP contribution < -0.4 is 4.74 Å². The average Bonchev–Trinajstić information content (AvgIpc) is 2.48. The van der Waals surface area contributed by atoms with Crippen molar-refractivity contribution in [1.29, 1.82) is 0 Å². The number of hydrogen-bond donors (Lipinski definition) is 0. The molecule has 1 aromatic carbocycles. The lowest BCUT2D eigenvalue weighted by Gasteiger charge is -2.32. The van der Waals surface area contributed by atoms with Gasteiger partial charge in [0.05, 0.1) is 6.61 Å². The van der Waals surface area contributed by atoms with Crippen molar-refractivity contribution in [3.8, 4) is 5.75 Å². The second-order valence-corrected chi connectivity index (χ2v) is 5.78. The number of unbranched alkanes of at least 4 members (excludes halogenated alkanes) is 2. The van der Waals surface area contributed by atoms with E-state index < -0.39 is 0 Å². The summed E-state index contributed by atoms with van der Waals surface area (Å²) in [5.41, 5.74) is 1.38. The standard InChI is InChI=1S/C17H28N2O/c1-3-4-5-14-20-17-8-6-16(7-9-17)15-19-12-10-18(2)11-13-19/h6-9H,3-5,10-15H2,1-2H3. The minimum Gasteiger partial charge on any atom is -0.494 e. The predicted octanol–water partition coefficient (Wildman–Crippen LogP) is 3.00. The zero-order chi connectivity index (χ0) is 14.2. The molecule has 0 spiro atoms. The number of ether oxygens (including phenoxy) is 1. The molecule has 1 aliphatic heterocycles. The van der Waals surface area contributed by atoms with Gasteiger partial charge in [-0.1, -0.05) is 31.9 Å². The minimum absolute atomic E-state index is 0.839. The molecular weight excluding hydrogens is 248 g/mol. The van der Waals surface area contributed by atoms with E-state index in [1.165, 1.54) is 44.6 Å². The summed E-state index contributed by atoms with van der Waals surface area (Å²) in [6, 6.07) is 8.62. The summed E-state index contributed by atoms with van der Waals surface area (Å²) in [5, 5.41) is 0. The predicted molar refractivity (Wildman–Crippen MR) is 84.2 cm³/mol. The van der Waals surface area contributed by atoms with E-state index >= 15 is 0 Å². The maximum atomic E-state index is 5.75. The third-order valence-electron chi connectivity index (χ3n) is 3.94. The van der Waals surface area contributed by atoms with E-state index in [1.807, 2.05) is 0 Å². The van der Waals surface area contributed by atoms with Crippen molar-refractivity contribution in [1.82, 2.24) is 9.80 Å². The van der Waals surface area contributed by atoms with Gasteiger partial charge in [0.25, 0.3) is 0 Å². The molecule has 0 atom stereocenters. The zero-order valence-corrected chi connectivity index (χ0v) is 13.0. The van der Waals surface area contributed by atoms with Gasteiger partial charge in [-0.05, 0) is 31.2 Å². The fraction of sp³-hybridized carbons (Fsp3) is 0.647. The van der Waals surface area contributed by atoms with Gasteiger partial charge < -0.3 is 9.64 Å². The molecule has 0 aliphatic carbocycles. The molecule has 1 heterocycles. The summed E-state index contributed by atoms with van der Waals surface area (Å²) >= 11 is 0. The van der Waals surface area contributed by atoms with Gasteiger partial charge in [-0.15, -0.1) is 0 Å². The first-order valence-electron chi connectivity index (χ1n) is 7.90. The van der Waals surface area contributed by atoms with Crippen molar-refractivity contribution in [2.45, 2.75) is 32.7 Å². The smallest absolute Gasteiger partial charge is 0.119 e. The van der Waals surface area contributed by atoms with Gasteiger partial charge in [-0.2, -0.15) is 0 Å². The molecular formula is C17H28N2O. The summed E-state index contributed by atoms with van der Waals surface area (Å²) in [5.74, 6) is 1.00. The first-order chi connectivity index (χ1) is 9.78. The molecule has 0 saturated carbocycles. The molecule has 3 heteroatoms. The molecule has 3 nitrogen and oxygen atoms in total. The number of piperazine rings is 1. The molecule has 0 amide bonds. The third-order valence-corrected chi connectivity index (χ3v) is 3.94. The molecule has 2 rings (SSSR count). The second kappa shape index (κ2) is 8.28. The van der Waals surface area contributed by atoms with E-state index in [9.17, 15) is 0 Å². The molecule has 1 aromatic rings. The summed E-state index contributed by atoms with van der Waals surface area (Å²) in [7, 11) is 2.20. The highest BCUT2D eigenvalue weighted by molar-refractivity contribution is 5.27. The van der Waals surface area contributed by atoms with Gasteiger partial charge >= 0.3 is 0 Å². The highest BCUT2D eigenvalue weighted by Gasteiger charge is 2.13. The van der Waals surface area contributed by atoms with Crippen molar-refractivity contribution < 1.29 is 4.74 Å². The highest BCUT2D eigenvalue weighted by Crippen LogP contribution is 2.15. The van der Waals surface area contributed by atoms with E-state index in [2.05, 4.69) is 48.0 Å². The van der Waals surface area contributed by atoms with Crippen molar-refractivity contribution in [2.75, 3.05) is 39.8 Å². The summed E-state index contributed by atoms with van der Waals surface area (Å²) in [6.45, 7) is 8.82. The van der Waals surface area contributed by atoms with Crippen LogP contribution in [-0.4, -0.2) is 49.6 Å². The van der Waals surface area contributed by atoms with Crippen LogP contribution in [0.3, 0.4) is 0 Å². The molecule has 0 N–H and O–H groups in total. The summed E-state index contributed by atoms with van der Waals surface area (Å²) in [6.07, 6.45) is 3.65. The first kappa shape index (κ1) is 15.3. The molecule has 20 heavy (non-hydrogen) atoms. The number of hydrogen-bond acceptors (Lipinski definition) is 3. The highest BCUT2D eigenvalue weighted by atomic mass is 16.5. The fourth-order valence-corrected chi connectivity index (χ4v) is 2.50. The number of benzene rings is 1. The lowest BCUT2D eigenvalue weighted by atomic mass is 10.2. The molecule has 1 aliphatic rings. The van der Waals surface area contributed by atoms with Crippen LogP contribution in [0.25, 0.3) is 0 Å². The van der Waals surface area contributed by atoms with Crippen LogP contribution in [0.1, 0.15) is 31.7 Å². The Kier molecular flexibility index (Phi) is 6.34. The molecule has 112 valence electrons. The van der Waals surface area contributed by atoms with Gasteiger partial charge in [0.15, 0.2) is 0 Å². The third kappa shape index (κ3) is 5.14. The van der Waals surface area contributed by atoms with Crippen LogP contribution in [0.15, 0.2) is 24.3 Å². The normalized spacial score (nSPS) is 17.3. The van der Waals surface area contributed by atoms with Crippen LogP contribution >= 0.6 is 0 Å². The van der Waals surface area contributed by atoms with Crippen molar-refractivity contribution in [3.63, 3.8) is 0 Å². The zero-order valence-electron chi connectivity index (χ0n) is 13.0. The minimum atomic E-state index is 0.839. The maximum absolute atomic E-state index is 5.75. The Hall–Kier alpha value is -1.06. The van der Waals surface area contributed by atoms with E-state index in [4.69, 9.17) is 4.74 Å². The van der Waals surface area contributed by atoms with Crippen molar-refractivity contribution in [3.05, 3.63) is 29.8 Å². The summed E-state index contributed by atoms with van der Waals surface area (Å²) in [4.78, 5) is 4.92. The monoisotopic (exact) mass is 276 g/mol. The van der Waals surface area contributed by atoms with Gasteiger partial charge in [0.2, 0.25) is 0 Å². The van der Waals surface area contributed by atoms with Crippen molar-refractivity contribution in [2.24, 2.45) is 0 Å². The Morgan fingerprint density at radius 3 is 2.35 bits per heavy atom. The SMILES string of the molecule is CCCCCOc1ccc(CN2CCN(C)CC2)cc1. The fourth-order valence-electron chi connectivity index (χ4n) is 2.50. The number of nitrogens with zero attached hydrogens (tertiary/aromatic N) is 2.